The van der Waals surface area contributed by atoms with Crippen LogP contribution in [0.25, 0.3) is 0 Å². The molecule has 0 aromatic carbocycles. The van der Waals surface area contributed by atoms with Crippen molar-refractivity contribution in [1.82, 2.24) is 5.32 Å². The molecule has 0 rings (SSSR count). The molecule has 52 heavy (non-hydrogen) atoms. The standard InChI is InChI=1S/C43H89N2O6P/c1-3-5-7-9-11-13-15-17-18-19-20-21-22-23-25-27-29-31-33-35-37-43(47)45-41(40-51-52(48,49)50-39-38-44)42(46)36-34-32-30-28-26-24-16-14-12-10-8-6-4-2/h41-42,46H,3-40,44H2,1-2H3,(H,45,47)(H,48,49). The van der Waals surface area contributed by atoms with E-state index in [0.29, 0.717) is 12.8 Å². The fourth-order valence-corrected chi connectivity index (χ4v) is 7.78. The van der Waals surface area contributed by atoms with Crippen molar-refractivity contribution in [2.45, 2.75) is 251 Å². The van der Waals surface area contributed by atoms with Crippen LogP contribution in [0.4, 0.5) is 0 Å². The van der Waals surface area contributed by atoms with Crippen LogP contribution in [0.1, 0.15) is 239 Å². The minimum absolute atomic E-state index is 0.0925. The van der Waals surface area contributed by atoms with E-state index in [2.05, 4.69) is 19.2 Å². The molecule has 0 bridgehead atoms. The zero-order valence-corrected chi connectivity index (χ0v) is 35.5. The fourth-order valence-electron chi connectivity index (χ4n) is 7.02. The van der Waals surface area contributed by atoms with Gasteiger partial charge in [0, 0.05) is 13.0 Å². The third-order valence-corrected chi connectivity index (χ3v) is 11.4. The largest absolute Gasteiger partial charge is 0.472 e. The number of phosphoric ester groups is 1. The zero-order chi connectivity index (χ0) is 38.2. The molecular weight excluding hydrogens is 671 g/mol. The van der Waals surface area contributed by atoms with Crippen LogP contribution in [0.5, 0.6) is 0 Å². The highest BCUT2D eigenvalue weighted by molar-refractivity contribution is 7.47. The highest BCUT2D eigenvalue weighted by Crippen LogP contribution is 2.43. The van der Waals surface area contributed by atoms with Crippen LogP contribution < -0.4 is 11.1 Å². The molecule has 0 saturated carbocycles. The number of nitrogens with two attached hydrogens (primary N) is 1. The molecule has 0 aliphatic heterocycles. The van der Waals surface area contributed by atoms with Crippen molar-refractivity contribution in [2.24, 2.45) is 5.73 Å². The van der Waals surface area contributed by atoms with Crippen molar-refractivity contribution in [3.8, 4) is 0 Å². The smallest absolute Gasteiger partial charge is 0.391 e. The van der Waals surface area contributed by atoms with E-state index >= 15 is 0 Å². The number of rotatable bonds is 43. The summed E-state index contributed by atoms with van der Waals surface area (Å²) in [5.74, 6) is -0.156. The van der Waals surface area contributed by atoms with Crippen LogP contribution in [0, 0.1) is 0 Å². The van der Waals surface area contributed by atoms with Crippen molar-refractivity contribution >= 4 is 13.7 Å². The molecular formula is C43H89N2O6P. The normalized spacial score (nSPS) is 14.0. The lowest BCUT2D eigenvalue weighted by molar-refractivity contribution is -0.123. The van der Waals surface area contributed by atoms with E-state index in [1.54, 1.807) is 0 Å². The Hall–Kier alpha value is -0.500. The lowest BCUT2D eigenvalue weighted by Crippen LogP contribution is -2.46. The Morgan fingerprint density at radius 3 is 1.23 bits per heavy atom. The molecule has 0 aromatic heterocycles. The van der Waals surface area contributed by atoms with Crippen molar-refractivity contribution in [3.05, 3.63) is 0 Å². The van der Waals surface area contributed by atoms with Crippen LogP contribution >= 0.6 is 7.82 Å². The van der Waals surface area contributed by atoms with E-state index in [-0.39, 0.29) is 25.7 Å². The van der Waals surface area contributed by atoms with Gasteiger partial charge in [-0.2, -0.15) is 0 Å². The second-order valence-corrected chi connectivity index (χ2v) is 17.1. The van der Waals surface area contributed by atoms with Gasteiger partial charge in [0.15, 0.2) is 0 Å². The van der Waals surface area contributed by atoms with Crippen LogP contribution in [0.3, 0.4) is 0 Å². The van der Waals surface area contributed by atoms with Gasteiger partial charge >= 0.3 is 7.82 Å². The molecule has 0 heterocycles. The SMILES string of the molecule is CCCCCCCCCCCCCCCCCCCCCCC(=O)NC(COP(=O)(O)OCCN)C(O)CCCCCCCCCCCCCCC. The highest BCUT2D eigenvalue weighted by Gasteiger charge is 2.27. The topological polar surface area (TPSA) is 131 Å². The molecule has 5 N–H and O–H groups in total. The summed E-state index contributed by atoms with van der Waals surface area (Å²) in [6.07, 6.45) is 42.5. The van der Waals surface area contributed by atoms with E-state index in [0.717, 1.165) is 38.5 Å². The Morgan fingerprint density at radius 2 is 0.885 bits per heavy atom. The van der Waals surface area contributed by atoms with Gasteiger partial charge < -0.3 is 21.1 Å². The maximum absolute atomic E-state index is 12.8. The molecule has 0 radical (unpaired) electrons. The molecule has 8 nitrogen and oxygen atoms in total. The summed E-state index contributed by atoms with van der Waals surface area (Å²) >= 11 is 0. The quantitative estimate of drug-likeness (QED) is 0.0359. The third-order valence-electron chi connectivity index (χ3n) is 10.5. The first-order valence-electron chi connectivity index (χ1n) is 22.7. The van der Waals surface area contributed by atoms with E-state index in [9.17, 15) is 19.4 Å². The molecule has 0 spiro atoms. The Morgan fingerprint density at radius 1 is 0.558 bits per heavy atom. The van der Waals surface area contributed by atoms with E-state index in [4.69, 9.17) is 14.8 Å². The van der Waals surface area contributed by atoms with Gasteiger partial charge in [-0.25, -0.2) is 4.57 Å². The Bertz CT molecular complexity index is 789. The highest BCUT2D eigenvalue weighted by atomic mass is 31.2. The Kier molecular flexibility index (Phi) is 39.8. The molecule has 0 aliphatic carbocycles. The number of carbonyl (C=O) groups excluding carboxylic acids is 1. The third kappa shape index (κ3) is 37.8. The van der Waals surface area contributed by atoms with Crippen LogP contribution in [-0.2, 0) is 18.4 Å². The van der Waals surface area contributed by atoms with Crippen molar-refractivity contribution < 1.29 is 28.4 Å². The van der Waals surface area contributed by atoms with Crippen LogP contribution in [0.2, 0.25) is 0 Å². The number of hydrogen-bond donors (Lipinski definition) is 4. The molecule has 0 fully saturated rings. The first kappa shape index (κ1) is 51.5. The van der Waals surface area contributed by atoms with Gasteiger partial charge in [-0.1, -0.05) is 219 Å². The fraction of sp³-hybridized carbons (Fsp3) is 0.977. The summed E-state index contributed by atoms with van der Waals surface area (Å²) in [5.41, 5.74) is 5.38. The molecule has 0 aromatic rings. The summed E-state index contributed by atoms with van der Waals surface area (Å²) in [6, 6.07) is -0.767. The summed E-state index contributed by atoms with van der Waals surface area (Å²) in [5, 5.41) is 13.8. The van der Waals surface area contributed by atoms with Gasteiger partial charge in [-0.15, -0.1) is 0 Å². The average molecular weight is 761 g/mol. The number of phosphoric acid groups is 1. The summed E-state index contributed by atoms with van der Waals surface area (Å²) < 4.78 is 22.2. The van der Waals surface area contributed by atoms with Crippen LogP contribution in [-0.4, -0.2) is 47.8 Å². The number of aliphatic hydroxyl groups is 1. The predicted octanol–water partition coefficient (Wildman–Crippen LogP) is 12.6. The Labute approximate surface area is 322 Å². The molecule has 3 unspecified atom stereocenters. The predicted molar refractivity (Wildman–Crippen MR) is 222 cm³/mol. The first-order chi connectivity index (χ1) is 25.4. The minimum atomic E-state index is -4.31. The lowest BCUT2D eigenvalue weighted by atomic mass is 10.0. The molecule has 0 saturated heterocycles. The summed E-state index contributed by atoms with van der Waals surface area (Å²) in [6.45, 7) is 4.24. The first-order valence-corrected chi connectivity index (χ1v) is 24.1. The maximum atomic E-state index is 12.8. The van der Waals surface area contributed by atoms with Crippen molar-refractivity contribution in [1.29, 1.82) is 0 Å². The number of nitrogens with one attached hydrogen (secondary N) is 1. The van der Waals surface area contributed by atoms with Gasteiger partial charge in [0.1, 0.15) is 0 Å². The molecule has 312 valence electrons. The lowest BCUT2D eigenvalue weighted by Gasteiger charge is -2.25. The zero-order valence-electron chi connectivity index (χ0n) is 34.6. The van der Waals surface area contributed by atoms with Gasteiger partial charge in [-0.3, -0.25) is 13.8 Å². The van der Waals surface area contributed by atoms with Crippen molar-refractivity contribution in [2.75, 3.05) is 19.8 Å². The maximum Gasteiger partial charge on any atom is 0.472 e. The number of hydrogen-bond acceptors (Lipinski definition) is 6. The van der Waals surface area contributed by atoms with E-state index in [1.165, 1.54) is 173 Å². The molecule has 9 heteroatoms. The number of unbranched alkanes of at least 4 members (excludes halogenated alkanes) is 31. The number of amides is 1. The minimum Gasteiger partial charge on any atom is -0.391 e. The average Bonchev–Trinajstić information content (AvgIpc) is 3.13. The number of carbonyl (C=O) groups is 1. The van der Waals surface area contributed by atoms with E-state index < -0.39 is 20.0 Å². The second kappa shape index (κ2) is 40.2. The monoisotopic (exact) mass is 761 g/mol. The summed E-state index contributed by atoms with van der Waals surface area (Å²) in [4.78, 5) is 22.7. The van der Waals surface area contributed by atoms with Gasteiger partial charge in [0.25, 0.3) is 0 Å². The van der Waals surface area contributed by atoms with Crippen molar-refractivity contribution in [3.63, 3.8) is 0 Å². The molecule has 0 aliphatic rings. The summed E-state index contributed by atoms with van der Waals surface area (Å²) in [7, 11) is -4.31. The Balaban J connectivity index is 4.05. The molecule has 1 amide bonds. The number of aliphatic hydroxyl groups excluding tert-OH is 1. The van der Waals surface area contributed by atoms with E-state index in [1.807, 2.05) is 0 Å². The van der Waals surface area contributed by atoms with Gasteiger partial charge in [-0.05, 0) is 12.8 Å². The van der Waals surface area contributed by atoms with Gasteiger partial charge in [0.2, 0.25) is 5.91 Å². The molecule has 3 atom stereocenters. The van der Waals surface area contributed by atoms with Crippen LogP contribution in [0.15, 0.2) is 0 Å². The van der Waals surface area contributed by atoms with Gasteiger partial charge in [0.05, 0.1) is 25.4 Å². The second-order valence-electron chi connectivity index (χ2n) is 15.6.